The molecular formula is C22H32N4O2. The molecule has 28 heavy (non-hydrogen) atoms. The van der Waals surface area contributed by atoms with Crippen LogP contribution in [0.3, 0.4) is 0 Å². The summed E-state index contributed by atoms with van der Waals surface area (Å²) in [6, 6.07) is 9.14. The largest absolute Gasteiger partial charge is 0.351 e. The van der Waals surface area contributed by atoms with E-state index in [1.165, 1.54) is 25.9 Å². The molecule has 1 N–H and O–H groups in total. The number of unbranched alkanes of at least 4 members (excludes halogenated alkanes) is 1. The zero-order valence-electron chi connectivity index (χ0n) is 17.1. The van der Waals surface area contributed by atoms with E-state index in [4.69, 9.17) is 0 Å². The quantitative estimate of drug-likeness (QED) is 0.700. The van der Waals surface area contributed by atoms with Crippen LogP contribution in [0.1, 0.15) is 46.0 Å². The van der Waals surface area contributed by atoms with Gasteiger partial charge in [0.1, 0.15) is 11.8 Å². The third-order valence-electron chi connectivity index (χ3n) is 5.59. The number of carbonyl (C=O) groups excluding carboxylic acids is 2. The lowest BCUT2D eigenvalue weighted by Gasteiger charge is -2.30. The number of piperidine rings is 1. The highest BCUT2D eigenvalue weighted by Gasteiger charge is 2.33. The van der Waals surface area contributed by atoms with Crippen LogP contribution in [0.5, 0.6) is 0 Å². The van der Waals surface area contributed by atoms with Crippen molar-refractivity contribution in [2.24, 2.45) is 11.0 Å². The number of carbonyl (C=O) groups is 2. The van der Waals surface area contributed by atoms with E-state index in [0.29, 0.717) is 18.7 Å². The molecule has 6 nitrogen and oxygen atoms in total. The van der Waals surface area contributed by atoms with Gasteiger partial charge < -0.3 is 10.2 Å². The van der Waals surface area contributed by atoms with E-state index in [2.05, 4.69) is 22.2 Å². The number of para-hydroxylation sites is 1. The normalized spacial score (nSPS) is 22.8. The van der Waals surface area contributed by atoms with Gasteiger partial charge in [0.2, 0.25) is 0 Å². The average Bonchev–Trinajstić information content (AvgIpc) is 3.14. The van der Waals surface area contributed by atoms with E-state index in [1.807, 2.05) is 30.3 Å². The molecule has 0 unspecified atom stereocenters. The molecule has 2 aliphatic rings. The standard InChI is InChI=1S/C22H32N4O2/c1-17-9-8-14-25(16-17)13-7-6-12-23-22(28)20-15-21(18(2)27)26(24-20)19-10-4-3-5-11-19/h3-5,10-11,17,21H,6-9,12-16H2,1-2H3,(H,23,28)/t17-,21-/m0/s1. The molecule has 3 rings (SSSR count). The van der Waals surface area contributed by atoms with Crippen molar-refractivity contribution in [1.29, 1.82) is 0 Å². The minimum absolute atomic E-state index is 0.0196. The summed E-state index contributed by atoms with van der Waals surface area (Å²) >= 11 is 0. The fraction of sp³-hybridized carbons (Fsp3) is 0.591. The SMILES string of the molecule is CC(=O)[C@@H]1CC(C(=O)NCCCCN2CCC[C@H](C)C2)=NN1c1ccccc1. The van der Waals surface area contributed by atoms with Crippen molar-refractivity contribution in [2.45, 2.75) is 52.0 Å². The fourth-order valence-electron chi connectivity index (χ4n) is 4.04. The second-order valence-electron chi connectivity index (χ2n) is 8.07. The van der Waals surface area contributed by atoms with E-state index >= 15 is 0 Å². The first-order valence-electron chi connectivity index (χ1n) is 10.5. The van der Waals surface area contributed by atoms with Crippen LogP contribution in [0.2, 0.25) is 0 Å². The van der Waals surface area contributed by atoms with Gasteiger partial charge in [-0.05, 0) is 63.7 Å². The van der Waals surface area contributed by atoms with Gasteiger partial charge in [-0.1, -0.05) is 25.1 Å². The third-order valence-corrected chi connectivity index (χ3v) is 5.59. The number of hydrogen-bond donors (Lipinski definition) is 1. The lowest BCUT2D eigenvalue weighted by atomic mass is 10.0. The van der Waals surface area contributed by atoms with Crippen LogP contribution in [0, 0.1) is 5.92 Å². The number of hydrazone groups is 1. The highest BCUT2D eigenvalue weighted by atomic mass is 16.2. The van der Waals surface area contributed by atoms with Crippen LogP contribution in [-0.2, 0) is 9.59 Å². The lowest BCUT2D eigenvalue weighted by Crippen LogP contribution is -2.36. The summed E-state index contributed by atoms with van der Waals surface area (Å²) in [7, 11) is 0. The Labute approximate surface area is 168 Å². The van der Waals surface area contributed by atoms with Crippen molar-refractivity contribution in [3.8, 4) is 0 Å². The zero-order chi connectivity index (χ0) is 19.9. The summed E-state index contributed by atoms with van der Waals surface area (Å²) in [6.07, 6.45) is 5.05. The van der Waals surface area contributed by atoms with Crippen LogP contribution in [0.25, 0.3) is 0 Å². The number of ketones is 1. The van der Waals surface area contributed by atoms with Crippen LogP contribution in [-0.4, -0.2) is 54.5 Å². The monoisotopic (exact) mass is 384 g/mol. The smallest absolute Gasteiger partial charge is 0.267 e. The second kappa shape index (κ2) is 9.82. The molecule has 2 heterocycles. The summed E-state index contributed by atoms with van der Waals surface area (Å²) in [5, 5.41) is 9.10. The topological polar surface area (TPSA) is 65.0 Å². The minimum Gasteiger partial charge on any atom is -0.351 e. The molecule has 1 amide bonds. The summed E-state index contributed by atoms with van der Waals surface area (Å²) in [5.74, 6) is 0.665. The Morgan fingerprint density at radius 3 is 2.71 bits per heavy atom. The molecule has 0 saturated carbocycles. The Hall–Kier alpha value is -2.21. The van der Waals surface area contributed by atoms with Gasteiger partial charge in [-0.2, -0.15) is 5.10 Å². The molecule has 1 aromatic rings. The van der Waals surface area contributed by atoms with Crippen molar-refractivity contribution in [2.75, 3.05) is 31.2 Å². The molecule has 2 atom stereocenters. The maximum absolute atomic E-state index is 12.5. The highest BCUT2D eigenvalue weighted by molar-refractivity contribution is 6.40. The van der Waals surface area contributed by atoms with Crippen LogP contribution in [0.4, 0.5) is 5.69 Å². The fourth-order valence-corrected chi connectivity index (χ4v) is 4.04. The van der Waals surface area contributed by atoms with Gasteiger partial charge in [0.25, 0.3) is 5.91 Å². The molecule has 0 aliphatic carbocycles. The summed E-state index contributed by atoms with van der Waals surface area (Å²) in [6.45, 7) is 8.03. The maximum Gasteiger partial charge on any atom is 0.267 e. The molecule has 0 spiro atoms. The van der Waals surface area contributed by atoms with Gasteiger partial charge in [-0.25, -0.2) is 0 Å². The van der Waals surface area contributed by atoms with E-state index < -0.39 is 6.04 Å². The van der Waals surface area contributed by atoms with Crippen molar-refractivity contribution in [3.05, 3.63) is 30.3 Å². The van der Waals surface area contributed by atoms with Crippen LogP contribution >= 0.6 is 0 Å². The van der Waals surface area contributed by atoms with Gasteiger partial charge in [0.05, 0.1) is 5.69 Å². The van der Waals surface area contributed by atoms with Gasteiger partial charge in [0.15, 0.2) is 5.78 Å². The molecule has 1 aromatic carbocycles. The number of Topliss-reactive ketones (excluding diaryl/α,β-unsaturated/α-hetero) is 1. The molecule has 0 aromatic heterocycles. The number of benzene rings is 1. The number of nitrogens with one attached hydrogen (secondary N) is 1. The number of rotatable bonds is 8. The summed E-state index contributed by atoms with van der Waals surface area (Å²) in [4.78, 5) is 27.1. The average molecular weight is 385 g/mol. The first-order valence-corrected chi connectivity index (χ1v) is 10.5. The number of amides is 1. The molecule has 0 bridgehead atoms. The van der Waals surface area contributed by atoms with E-state index in [9.17, 15) is 9.59 Å². The van der Waals surface area contributed by atoms with Crippen molar-refractivity contribution in [1.82, 2.24) is 10.2 Å². The molecule has 0 radical (unpaired) electrons. The number of hydrogen-bond acceptors (Lipinski definition) is 5. The Balaban J connectivity index is 1.45. The summed E-state index contributed by atoms with van der Waals surface area (Å²) in [5.41, 5.74) is 1.27. The van der Waals surface area contributed by atoms with E-state index in [0.717, 1.165) is 31.0 Å². The van der Waals surface area contributed by atoms with Gasteiger partial charge in [-0.3, -0.25) is 14.6 Å². The maximum atomic E-state index is 12.5. The molecule has 152 valence electrons. The lowest BCUT2D eigenvalue weighted by molar-refractivity contribution is -0.118. The van der Waals surface area contributed by atoms with E-state index in [1.54, 1.807) is 11.9 Å². The van der Waals surface area contributed by atoms with Gasteiger partial charge in [-0.15, -0.1) is 0 Å². The Bertz CT molecular complexity index is 704. The zero-order valence-corrected chi connectivity index (χ0v) is 17.1. The molecule has 1 fully saturated rings. The summed E-state index contributed by atoms with van der Waals surface area (Å²) < 4.78 is 0. The number of anilines is 1. The Morgan fingerprint density at radius 1 is 1.21 bits per heavy atom. The van der Waals surface area contributed by atoms with Crippen molar-refractivity contribution >= 4 is 23.1 Å². The minimum atomic E-state index is -0.399. The predicted molar refractivity (Wildman–Crippen MR) is 113 cm³/mol. The third kappa shape index (κ3) is 5.41. The van der Waals surface area contributed by atoms with Crippen LogP contribution < -0.4 is 10.3 Å². The first kappa shape index (κ1) is 20.5. The van der Waals surface area contributed by atoms with Crippen molar-refractivity contribution in [3.63, 3.8) is 0 Å². The molecule has 1 saturated heterocycles. The second-order valence-corrected chi connectivity index (χ2v) is 8.07. The van der Waals surface area contributed by atoms with Crippen molar-refractivity contribution < 1.29 is 9.59 Å². The predicted octanol–water partition coefficient (Wildman–Crippen LogP) is 2.84. The molecule has 6 heteroatoms. The number of likely N-dealkylation sites (tertiary alicyclic amines) is 1. The Kier molecular flexibility index (Phi) is 7.20. The van der Waals surface area contributed by atoms with Crippen LogP contribution in [0.15, 0.2) is 35.4 Å². The number of nitrogens with zero attached hydrogens (tertiary/aromatic N) is 3. The Morgan fingerprint density at radius 2 is 2.00 bits per heavy atom. The molecular weight excluding hydrogens is 352 g/mol. The highest BCUT2D eigenvalue weighted by Crippen LogP contribution is 2.25. The molecule has 2 aliphatic heterocycles. The van der Waals surface area contributed by atoms with Gasteiger partial charge >= 0.3 is 0 Å². The first-order chi connectivity index (χ1) is 13.5. The van der Waals surface area contributed by atoms with E-state index in [-0.39, 0.29) is 11.7 Å². The van der Waals surface area contributed by atoms with Gasteiger partial charge in [0, 0.05) is 19.5 Å².